The van der Waals surface area contributed by atoms with Gasteiger partial charge in [0.1, 0.15) is 5.75 Å². The molecule has 0 aromatic heterocycles. The van der Waals surface area contributed by atoms with Gasteiger partial charge in [0.15, 0.2) is 12.1 Å². The summed E-state index contributed by atoms with van der Waals surface area (Å²) in [6.45, 7) is 2.39. The first-order valence-corrected chi connectivity index (χ1v) is 5.70. The molecule has 1 aliphatic rings. The van der Waals surface area contributed by atoms with Gasteiger partial charge in [0, 0.05) is 12.5 Å². The first kappa shape index (κ1) is 12.7. The molecule has 1 aliphatic heterocycles. The van der Waals surface area contributed by atoms with Gasteiger partial charge in [-0.2, -0.15) is 0 Å². The van der Waals surface area contributed by atoms with Crippen molar-refractivity contribution in [2.75, 3.05) is 13.2 Å². The van der Waals surface area contributed by atoms with Crippen LogP contribution in [0.15, 0.2) is 24.3 Å². The van der Waals surface area contributed by atoms with E-state index in [-0.39, 0.29) is 18.2 Å². The quantitative estimate of drug-likeness (QED) is 0.461. The summed E-state index contributed by atoms with van der Waals surface area (Å²) >= 11 is 0. The fourth-order valence-electron chi connectivity index (χ4n) is 1.67. The summed E-state index contributed by atoms with van der Waals surface area (Å²) < 4.78 is 15.3. The Morgan fingerprint density at radius 1 is 1.22 bits per heavy atom. The van der Waals surface area contributed by atoms with E-state index in [9.17, 15) is 9.59 Å². The summed E-state index contributed by atoms with van der Waals surface area (Å²) in [5.41, 5.74) is 0.546. The molecule has 0 N–H and O–H groups in total. The second-order valence-corrected chi connectivity index (χ2v) is 3.92. The van der Waals surface area contributed by atoms with Crippen molar-refractivity contribution in [2.45, 2.75) is 19.6 Å². The van der Waals surface area contributed by atoms with Crippen LogP contribution in [0.2, 0.25) is 0 Å². The van der Waals surface area contributed by atoms with Gasteiger partial charge < -0.3 is 14.2 Å². The van der Waals surface area contributed by atoms with E-state index < -0.39 is 6.29 Å². The van der Waals surface area contributed by atoms with Gasteiger partial charge >= 0.3 is 5.97 Å². The molecule has 0 radical (unpaired) electrons. The Labute approximate surface area is 105 Å². The van der Waals surface area contributed by atoms with E-state index in [1.165, 1.54) is 6.92 Å². The fourth-order valence-corrected chi connectivity index (χ4v) is 1.67. The average molecular weight is 250 g/mol. The van der Waals surface area contributed by atoms with Crippen LogP contribution in [0.3, 0.4) is 0 Å². The first-order chi connectivity index (χ1) is 8.65. The van der Waals surface area contributed by atoms with Crippen molar-refractivity contribution in [3.8, 4) is 5.75 Å². The topological polar surface area (TPSA) is 61.8 Å². The molecular weight excluding hydrogens is 236 g/mol. The highest BCUT2D eigenvalue weighted by molar-refractivity contribution is 5.96. The Kier molecular flexibility index (Phi) is 4.07. The molecule has 5 nitrogen and oxygen atoms in total. The number of esters is 1. The van der Waals surface area contributed by atoms with Gasteiger partial charge in [-0.3, -0.25) is 9.59 Å². The molecule has 0 spiro atoms. The molecule has 96 valence electrons. The molecule has 0 saturated carbocycles. The van der Waals surface area contributed by atoms with Crippen molar-refractivity contribution in [1.82, 2.24) is 0 Å². The molecule has 0 atom stereocenters. The standard InChI is InChI=1S/C13H14O5/c1-9(14)18-11-4-2-10(3-5-11)12(15)8-13-16-6-7-17-13/h2-5,13H,6-8H2,1H3. The number of Topliss-reactive ketones (excluding diaryl/α,β-unsaturated/α-hetero) is 1. The van der Waals surface area contributed by atoms with Crippen molar-refractivity contribution in [3.05, 3.63) is 29.8 Å². The normalized spacial score (nSPS) is 15.6. The molecule has 0 aliphatic carbocycles. The third kappa shape index (κ3) is 3.38. The second kappa shape index (κ2) is 5.75. The average Bonchev–Trinajstić information content (AvgIpc) is 2.82. The van der Waals surface area contributed by atoms with E-state index in [0.29, 0.717) is 24.5 Å². The van der Waals surface area contributed by atoms with Crippen molar-refractivity contribution >= 4 is 11.8 Å². The van der Waals surface area contributed by atoms with Gasteiger partial charge in [0.2, 0.25) is 0 Å². The molecule has 0 unspecified atom stereocenters. The minimum atomic E-state index is -0.439. The lowest BCUT2D eigenvalue weighted by Crippen LogP contribution is -2.14. The van der Waals surface area contributed by atoms with E-state index in [1.807, 2.05) is 0 Å². The maximum Gasteiger partial charge on any atom is 0.308 e. The number of hydrogen-bond donors (Lipinski definition) is 0. The van der Waals surface area contributed by atoms with Crippen LogP contribution in [0.1, 0.15) is 23.7 Å². The minimum Gasteiger partial charge on any atom is -0.427 e. The summed E-state index contributed by atoms with van der Waals surface area (Å²) in [6, 6.07) is 6.42. The Bertz CT molecular complexity index is 431. The zero-order chi connectivity index (χ0) is 13.0. The van der Waals surface area contributed by atoms with Gasteiger partial charge in [0.05, 0.1) is 19.6 Å². The van der Waals surface area contributed by atoms with Gasteiger partial charge in [-0.15, -0.1) is 0 Å². The van der Waals surface area contributed by atoms with Crippen LogP contribution in [0.25, 0.3) is 0 Å². The Balaban J connectivity index is 1.95. The summed E-state index contributed by atoms with van der Waals surface area (Å²) in [6.07, 6.45) is -0.238. The fraction of sp³-hybridized carbons (Fsp3) is 0.385. The van der Waals surface area contributed by atoms with E-state index in [1.54, 1.807) is 24.3 Å². The van der Waals surface area contributed by atoms with Gasteiger partial charge in [-0.25, -0.2) is 0 Å². The number of ketones is 1. The largest absolute Gasteiger partial charge is 0.427 e. The highest BCUT2D eigenvalue weighted by Gasteiger charge is 2.20. The van der Waals surface area contributed by atoms with Crippen molar-refractivity contribution in [3.63, 3.8) is 0 Å². The van der Waals surface area contributed by atoms with Crippen LogP contribution in [-0.2, 0) is 14.3 Å². The molecule has 1 heterocycles. The molecule has 2 rings (SSSR count). The number of carbonyl (C=O) groups excluding carboxylic acids is 2. The van der Waals surface area contributed by atoms with E-state index in [4.69, 9.17) is 14.2 Å². The molecule has 1 aromatic carbocycles. The molecule has 1 aromatic rings. The predicted octanol–water partition coefficient (Wildman–Crippen LogP) is 1.56. The lowest BCUT2D eigenvalue weighted by Gasteiger charge is -2.08. The number of hydrogen-bond acceptors (Lipinski definition) is 5. The Hall–Kier alpha value is -1.72. The van der Waals surface area contributed by atoms with Crippen LogP contribution in [-0.4, -0.2) is 31.3 Å². The summed E-state index contributed by atoms with van der Waals surface area (Å²) in [7, 11) is 0. The maximum absolute atomic E-state index is 11.9. The van der Waals surface area contributed by atoms with Crippen LogP contribution in [0, 0.1) is 0 Å². The monoisotopic (exact) mass is 250 g/mol. The molecule has 5 heteroatoms. The lowest BCUT2D eigenvalue weighted by atomic mass is 10.1. The van der Waals surface area contributed by atoms with Crippen LogP contribution in [0.4, 0.5) is 0 Å². The van der Waals surface area contributed by atoms with Crippen molar-refractivity contribution < 1.29 is 23.8 Å². The van der Waals surface area contributed by atoms with Gasteiger partial charge in [-0.1, -0.05) is 0 Å². The Morgan fingerprint density at radius 2 is 1.83 bits per heavy atom. The van der Waals surface area contributed by atoms with E-state index >= 15 is 0 Å². The van der Waals surface area contributed by atoms with Gasteiger partial charge in [0.25, 0.3) is 0 Å². The van der Waals surface area contributed by atoms with Crippen molar-refractivity contribution in [2.24, 2.45) is 0 Å². The van der Waals surface area contributed by atoms with E-state index in [2.05, 4.69) is 0 Å². The second-order valence-electron chi connectivity index (χ2n) is 3.92. The number of benzene rings is 1. The molecule has 1 saturated heterocycles. The third-order valence-electron chi connectivity index (χ3n) is 2.48. The zero-order valence-corrected chi connectivity index (χ0v) is 10.0. The minimum absolute atomic E-state index is 0.0590. The lowest BCUT2D eigenvalue weighted by molar-refractivity contribution is -0.131. The smallest absolute Gasteiger partial charge is 0.308 e. The number of carbonyl (C=O) groups is 2. The number of ether oxygens (including phenoxy) is 3. The SMILES string of the molecule is CC(=O)Oc1ccc(C(=O)CC2OCCO2)cc1. The molecule has 1 fully saturated rings. The molecule has 18 heavy (non-hydrogen) atoms. The summed E-state index contributed by atoms with van der Waals surface area (Å²) in [4.78, 5) is 22.6. The maximum atomic E-state index is 11.9. The first-order valence-electron chi connectivity index (χ1n) is 5.70. The molecule has 0 bridgehead atoms. The zero-order valence-electron chi connectivity index (χ0n) is 10.0. The van der Waals surface area contributed by atoms with Gasteiger partial charge in [-0.05, 0) is 24.3 Å². The number of rotatable bonds is 4. The molecule has 0 amide bonds. The highest BCUT2D eigenvalue weighted by atomic mass is 16.7. The van der Waals surface area contributed by atoms with Crippen LogP contribution in [0.5, 0.6) is 5.75 Å². The summed E-state index contributed by atoms with van der Waals surface area (Å²) in [5, 5.41) is 0. The Morgan fingerprint density at radius 3 is 2.39 bits per heavy atom. The van der Waals surface area contributed by atoms with Crippen molar-refractivity contribution in [1.29, 1.82) is 0 Å². The summed E-state index contributed by atoms with van der Waals surface area (Å²) in [5.74, 6) is -0.0227. The van der Waals surface area contributed by atoms with Crippen LogP contribution < -0.4 is 4.74 Å². The van der Waals surface area contributed by atoms with Crippen LogP contribution >= 0.6 is 0 Å². The molecular formula is C13H14O5. The highest BCUT2D eigenvalue weighted by Crippen LogP contribution is 2.16. The third-order valence-corrected chi connectivity index (χ3v) is 2.48. The predicted molar refractivity (Wildman–Crippen MR) is 62.4 cm³/mol. The van der Waals surface area contributed by atoms with E-state index in [0.717, 1.165) is 0 Å².